The molecule has 1 aromatic carbocycles. The fraction of sp³-hybridized carbons (Fsp3) is 0.500. The highest BCUT2D eigenvalue weighted by atomic mass is 16.3. The molecule has 2 bridgehead atoms. The summed E-state index contributed by atoms with van der Waals surface area (Å²) in [5.41, 5.74) is 2.12. The van der Waals surface area contributed by atoms with E-state index in [0.717, 1.165) is 24.0 Å². The fourth-order valence-electron chi connectivity index (χ4n) is 4.26. The van der Waals surface area contributed by atoms with Crippen molar-refractivity contribution in [2.75, 3.05) is 0 Å². The molecular formula is C20H24O3. The van der Waals surface area contributed by atoms with E-state index in [4.69, 9.17) is 0 Å². The largest absolute Gasteiger partial charge is 0.385 e. The molecule has 2 aliphatic carbocycles. The molecule has 1 aromatic rings. The van der Waals surface area contributed by atoms with E-state index in [-0.39, 0.29) is 22.4 Å². The van der Waals surface area contributed by atoms with Gasteiger partial charge in [-0.05, 0) is 48.3 Å². The van der Waals surface area contributed by atoms with Crippen LogP contribution < -0.4 is 0 Å². The van der Waals surface area contributed by atoms with Gasteiger partial charge in [-0.25, -0.2) is 0 Å². The molecule has 3 atom stereocenters. The van der Waals surface area contributed by atoms with Gasteiger partial charge in [0.15, 0.2) is 11.6 Å². The molecular weight excluding hydrogens is 288 g/mol. The van der Waals surface area contributed by atoms with Crippen LogP contribution in [-0.2, 0) is 4.79 Å². The molecule has 0 saturated heterocycles. The summed E-state index contributed by atoms with van der Waals surface area (Å²) in [7, 11) is 0. The van der Waals surface area contributed by atoms with Gasteiger partial charge in [0, 0.05) is 11.0 Å². The Balaban J connectivity index is 1.92. The Bertz CT molecular complexity index is 694. The van der Waals surface area contributed by atoms with E-state index in [0.29, 0.717) is 11.5 Å². The highest BCUT2D eigenvalue weighted by molar-refractivity contribution is 6.08. The van der Waals surface area contributed by atoms with Gasteiger partial charge in [0.1, 0.15) is 6.10 Å². The van der Waals surface area contributed by atoms with E-state index in [9.17, 15) is 14.7 Å². The highest BCUT2D eigenvalue weighted by Crippen LogP contribution is 2.65. The Labute approximate surface area is 137 Å². The molecule has 0 amide bonds. The van der Waals surface area contributed by atoms with Crippen LogP contribution in [0.1, 0.15) is 56.5 Å². The highest BCUT2D eigenvalue weighted by Gasteiger charge is 2.63. The van der Waals surface area contributed by atoms with Gasteiger partial charge in [-0.3, -0.25) is 9.59 Å². The summed E-state index contributed by atoms with van der Waals surface area (Å²) in [6.45, 7) is 7.97. The summed E-state index contributed by atoms with van der Waals surface area (Å²) in [4.78, 5) is 24.6. The SMILES string of the molecule is CC(O)C(=O)c1ccc(C=C2C(=O)C3(C)CCC2C3(C)C)cc1. The maximum Gasteiger partial charge on any atom is 0.190 e. The first kappa shape index (κ1) is 16.1. The third-order valence-electron chi connectivity index (χ3n) is 6.26. The van der Waals surface area contributed by atoms with Crippen LogP contribution in [0.4, 0.5) is 0 Å². The van der Waals surface area contributed by atoms with E-state index in [2.05, 4.69) is 20.8 Å². The van der Waals surface area contributed by atoms with E-state index >= 15 is 0 Å². The van der Waals surface area contributed by atoms with Crippen LogP contribution >= 0.6 is 0 Å². The number of hydrogen-bond donors (Lipinski definition) is 1. The number of Topliss-reactive ketones (excluding diaryl/α,β-unsaturated/α-hetero) is 2. The van der Waals surface area contributed by atoms with Crippen molar-refractivity contribution in [2.24, 2.45) is 16.7 Å². The number of fused-ring (bicyclic) bond motifs is 2. The van der Waals surface area contributed by atoms with Gasteiger partial charge < -0.3 is 5.11 Å². The van der Waals surface area contributed by atoms with Crippen molar-refractivity contribution in [3.8, 4) is 0 Å². The van der Waals surface area contributed by atoms with Gasteiger partial charge in [-0.2, -0.15) is 0 Å². The number of aliphatic hydroxyl groups excluding tert-OH is 1. The van der Waals surface area contributed by atoms with Gasteiger partial charge >= 0.3 is 0 Å². The number of allylic oxidation sites excluding steroid dienone is 1. The Kier molecular flexibility index (Phi) is 3.60. The predicted molar refractivity (Wildman–Crippen MR) is 90.0 cm³/mol. The Morgan fingerprint density at radius 1 is 1.26 bits per heavy atom. The summed E-state index contributed by atoms with van der Waals surface area (Å²) in [6.07, 6.45) is 3.03. The van der Waals surface area contributed by atoms with Gasteiger partial charge in [-0.15, -0.1) is 0 Å². The van der Waals surface area contributed by atoms with Crippen LogP contribution in [0.2, 0.25) is 0 Å². The molecule has 0 heterocycles. The molecule has 23 heavy (non-hydrogen) atoms. The average molecular weight is 312 g/mol. The molecule has 3 rings (SSSR count). The van der Waals surface area contributed by atoms with Crippen molar-refractivity contribution in [2.45, 2.75) is 46.6 Å². The molecule has 0 spiro atoms. The van der Waals surface area contributed by atoms with E-state index in [1.165, 1.54) is 6.92 Å². The topological polar surface area (TPSA) is 54.4 Å². The van der Waals surface area contributed by atoms with E-state index < -0.39 is 6.10 Å². The zero-order valence-electron chi connectivity index (χ0n) is 14.2. The summed E-state index contributed by atoms with van der Waals surface area (Å²) < 4.78 is 0. The molecule has 1 N–H and O–H groups in total. The lowest BCUT2D eigenvalue weighted by Crippen LogP contribution is -2.32. The number of carbonyl (C=O) groups excluding carboxylic acids is 2. The molecule has 2 saturated carbocycles. The second-order valence-electron chi connectivity index (χ2n) is 7.74. The lowest BCUT2D eigenvalue weighted by atomic mass is 9.70. The van der Waals surface area contributed by atoms with E-state index in [1.807, 2.05) is 18.2 Å². The second kappa shape index (κ2) is 5.13. The second-order valence-corrected chi connectivity index (χ2v) is 7.74. The van der Waals surface area contributed by atoms with Crippen LogP contribution in [0.5, 0.6) is 0 Å². The minimum Gasteiger partial charge on any atom is -0.385 e. The third-order valence-corrected chi connectivity index (χ3v) is 6.26. The number of hydrogen-bond acceptors (Lipinski definition) is 3. The van der Waals surface area contributed by atoms with Crippen LogP contribution in [0, 0.1) is 16.7 Å². The van der Waals surface area contributed by atoms with Crippen molar-refractivity contribution in [1.29, 1.82) is 0 Å². The zero-order chi connectivity index (χ0) is 17.0. The molecule has 3 heteroatoms. The van der Waals surface area contributed by atoms with Gasteiger partial charge in [0.05, 0.1) is 0 Å². The number of benzene rings is 1. The maximum atomic E-state index is 12.8. The van der Waals surface area contributed by atoms with Gasteiger partial charge in [0.2, 0.25) is 0 Å². The molecule has 0 aliphatic heterocycles. The summed E-state index contributed by atoms with van der Waals surface area (Å²) in [5.74, 6) is 0.315. The lowest BCUT2D eigenvalue weighted by molar-refractivity contribution is -0.125. The summed E-state index contributed by atoms with van der Waals surface area (Å²) in [5, 5.41) is 9.36. The molecule has 0 aromatic heterocycles. The Morgan fingerprint density at radius 3 is 2.35 bits per heavy atom. The average Bonchev–Trinajstić information content (AvgIpc) is 2.81. The first-order chi connectivity index (χ1) is 10.7. The molecule has 3 unspecified atom stereocenters. The minimum absolute atomic E-state index is 0.0120. The minimum atomic E-state index is -0.993. The number of carbonyl (C=O) groups is 2. The fourth-order valence-corrected chi connectivity index (χ4v) is 4.26. The Morgan fingerprint density at radius 2 is 1.87 bits per heavy atom. The molecule has 3 nitrogen and oxygen atoms in total. The summed E-state index contributed by atoms with van der Waals surface area (Å²) >= 11 is 0. The van der Waals surface area contributed by atoms with Crippen molar-refractivity contribution in [1.82, 2.24) is 0 Å². The van der Waals surface area contributed by atoms with Crippen molar-refractivity contribution in [3.63, 3.8) is 0 Å². The maximum absolute atomic E-state index is 12.8. The number of rotatable bonds is 3. The first-order valence-electron chi connectivity index (χ1n) is 8.27. The van der Waals surface area contributed by atoms with Gasteiger partial charge in [-0.1, -0.05) is 45.0 Å². The first-order valence-corrected chi connectivity index (χ1v) is 8.27. The quantitative estimate of drug-likeness (QED) is 0.684. The molecule has 2 aliphatic rings. The Hall–Kier alpha value is -1.74. The smallest absolute Gasteiger partial charge is 0.190 e. The van der Waals surface area contributed by atoms with Crippen molar-refractivity contribution >= 4 is 17.6 Å². The van der Waals surface area contributed by atoms with Crippen LogP contribution in [0.3, 0.4) is 0 Å². The molecule has 122 valence electrons. The third kappa shape index (κ3) is 2.21. The van der Waals surface area contributed by atoms with Gasteiger partial charge in [0.25, 0.3) is 0 Å². The van der Waals surface area contributed by atoms with E-state index in [1.54, 1.807) is 12.1 Å². The predicted octanol–water partition coefficient (Wildman–Crippen LogP) is 3.66. The van der Waals surface area contributed by atoms with Crippen molar-refractivity contribution < 1.29 is 14.7 Å². The molecule has 2 fully saturated rings. The lowest BCUT2D eigenvalue weighted by Gasteiger charge is -2.31. The standard InChI is InChI=1S/C20H24O3/c1-12(21)17(22)14-7-5-13(6-8-14)11-15-16-9-10-20(4,18(15)23)19(16,2)3/h5-8,11-12,16,21H,9-10H2,1-4H3. The zero-order valence-corrected chi connectivity index (χ0v) is 14.2. The van der Waals surface area contributed by atoms with Crippen LogP contribution in [0.25, 0.3) is 6.08 Å². The van der Waals surface area contributed by atoms with Crippen molar-refractivity contribution in [3.05, 3.63) is 41.0 Å². The number of aliphatic hydroxyl groups is 1. The summed E-state index contributed by atoms with van der Waals surface area (Å²) in [6, 6.07) is 7.12. The van der Waals surface area contributed by atoms with Crippen LogP contribution in [0.15, 0.2) is 29.8 Å². The molecule has 0 radical (unpaired) electrons. The number of ketones is 2. The van der Waals surface area contributed by atoms with Crippen LogP contribution in [-0.4, -0.2) is 22.8 Å². The normalized spacial score (nSPS) is 31.6. The monoisotopic (exact) mass is 312 g/mol.